The number of amides is 1. The van der Waals surface area contributed by atoms with Crippen molar-refractivity contribution in [2.75, 3.05) is 40.9 Å². The van der Waals surface area contributed by atoms with E-state index in [0.29, 0.717) is 17.4 Å². The second kappa shape index (κ2) is 63.4. The minimum Gasteiger partial charge on any atom is -0.756 e. The molecule has 0 aliphatic rings. The number of esters is 1. The number of hydrogen-bond donors (Lipinski definition) is 1. The summed E-state index contributed by atoms with van der Waals surface area (Å²) in [6.07, 6.45) is 88.8. The molecule has 0 bridgehead atoms. The molecule has 0 heterocycles. The van der Waals surface area contributed by atoms with E-state index in [0.717, 1.165) is 135 Å². The third-order valence-electron chi connectivity index (χ3n) is 14.9. The summed E-state index contributed by atoms with van der Waals surface area (Å²) in [5, 5.41) is 3.03. The van der Waals surface area contributed by atoms with Gasteiger partial charge in [0.05, 0.1) is 33.8 Å². The zero-order valence-electron chi connectivity index (χ0n) is 55.8. The number of phosphoric ester groups is 1. The first kappa shape index (κ1) is 81.4. The van der Waals surface area contributed by atoms with E-state index >= 15 is 0 Å². The highest BCUT2D eigenvalue weighted by Crippen LogP contribution is 2.38. The summed E-state index contributed by atoms with van der Waals surface area (Å²) in [7, 11) is 1.16. The van der Waals surface area contributed by atoms with Crippen LogP contribution in [0.15, 0.2) is 122 Å². The lowest BCUT2D eigenvalue weighted by molar-refractivity contribution is -0.870. The first-order chi connectivity index (χ1) is 41.4. The number of nitrogens with one attached hydrogen (secondary N) is 1. The Kier molecular flexibility index (Phi) is 60.8. The zero-order chi connectivity index (χ0) is 62.1. The summed E-state index contributed by atoms with van der Waals surface area (Å²) in [6.45, 7) is 6.69. The maximum absolute atomic E-state index is 13.6. The van der Waals surface area contributed by atoms with Gasteiger partial charge in [-0.2, -0.15) is 0 Å². The fraction of sp³-hybridized carbons (Fsp3) is 0.707. The molecule has 0 aromatic carbocycles. The molecule has 3 unspecified atom stereocenters. The van der Waals surface area contributed by atoms with Gasteiger partial charge in [0.2, 0.25) is 5.91 Å². The van der Waals surface area contributed by atoms with Crippen LogP contribution in [-0.2, 0) is 27.9 Å². The SMILES string of the molecule is CC/C=C\C/C=C\C/C=C\C/C=C\C/C=C\C/C=C\CCCCCCCCCCC(=O)NC(COP(=O)([O-])OCC[N+](C)(C)C)C(/C=C\CCCCCCCCCCC)OC(=O)CCCCCCCCCC/C=C\C/C=C\C/C=C\CCCCC. The summed E-state index contributed by atoms with van der Waals surface area (Å²) < 4.78 is 30.4. The molecule has 0 saturated heterocycles. The lowest BCUT2D eigenvalue weighted by atomic mass is 10.0. The molecule has 85 heavy (non-hydrogen) atoms. The molecule has 0 saturated carbocycles. The van der Waals surface area contributed by atoms with Crippen molar-refractivity contribution in [2.45, 2.75) is 303 Å². The Morgan fingerprint density at radius 3 is 1.15 bits per heavy atom. The van der Waals surface area contributed by atoms with Gasteiger partial charge in [-0.05, 0) is 122 Å². The van der Waals surface area contributed by atoms with Crippen LogP contribution in [0.25, 0.3) is 0 Å². The van der Waals surface area contributed by atoms with E-state index in [4.69, 9.17) is 13.8 Å². The molecule has 0 fully saturated rings. The Morgan fingerprint density at radius 2 is 0.753 bits per heavy atom. The van der Waals surface area contributed by atoms with Gasteiger partial charge in [-0.25, -0.2) is 0 Å². The number of nitrogens with zero attached hydrogens (tertiary/aromatic N) is 1. The molecule has 0 rings (SSSR count). The van der Waals surface area contributed by atoms with E-state index in [1.165, 1.54) is 122 Å². The molecular weight excluding hydrogens is 1070 g/mol. The van der Waals surface area contributed by atoms with Crippen LogP contribution in [0.3, 0.4) is 0 Å². The van der Waals surface area contributed by atoms with Gasteiger partial charge in [0, 0.05) is 12.8 Å². The van der Waals surface area contributed by atoms with Gasteiger partial charge in [0.1, 0.15) is 19.3 Å². The molecule has 488 valence electrons. The van der Waals surface area contributed by atoms with Gasteiger partial charge in [-0.15, -0.1) is 0 Å². The number of unbranched alkanes of at least 4 members (excludes halogenated alkanes) is 28. The largest absolute Gasteiger partial charge is 0.756 e. The van der Waals surface area contributed by atoms with Crippen molar-refractivity contribution in [1.82, 2.24) is 5.32 Å². The van der Waals surface area contributed by atoms with Crippen molar-refractivity contribution in [2.24, 2.45) is 0 Å². The van der Waals surface area contributed by atoms with Crippen molar-refractivity contribution in [3.05, 3.63) is 122 Å². The van der Waals surface area contributed by atoms with Crippen molar-refractivity contribution in [3.63, 3.8) is 0 Å². The number of ether oxygens (including phenoxy) is 1. The molecular formula is C75H131N2O7P. The predicted molar refractivity (Wildman–Crippen MR) is 367 cm³/mol. The molecule has 10 heteroatoms. The summed E-state index contributed by atoms with van der Waals surface area (Å²) in [4.78, 5) is 40.1. The van der Waals surface area contributed by atoms with Gasteiger partial charge in [0.15, 0.2) is 0 Å². The van der Waals surface area contributed by atoms with Crippen LogP contribution in [0.4, 0.5) is 0 Å². The zero-order valence-corrected chi connectivity index (χ0v) is 56.7. The molecule has 1 N–H and O–H groups in total. The maximum Gasteiger partial charge on any atom is 0.306 e. The smallest absolute Gasteiger partial charge is 0.306 e. The molecule has 3 atom stereocenters. The molecule has 0 aromatic heterocycles. The Hall–Kier alpha value is -3.59. The van der Waals surface area contributed by atoms with Gasteiger partial charge >= 0.3 is 5.97 Å². The van der Waals surface area contributed by atoms with E-state index in [1.54, 1.807) is 0 Å². The molecule has 0 aromatic rings. The summed E-state index contributed by atoms with van der Waals surface area (Å²) in [5.41, 5.74) is 0. The standard InChI is InChI=1S/C75H131N2O7P/c1-7-10-13-16-19-22-25-27-29-31-33-35-36-37-38-39-40-42-43-45-47-49-52-55-58-61-64-67-74(78)76-72(71-83-85(80,81)82-70-69-77(4,5)6)73(66-63-60-57-54-51-24-21-18-15-12-9-3)84-75(79)68-65-62-59-56-53-50-48-46-44-41-34-32-30-28-26-23-20-17-14-11-8-2/h10,13,19-20,22-23,27-30,33-35,37-38,40-42,63,66,72-73H,7-9,11-12,14-18,21,24-26,31-32,36,39,43-62,64-65,67-71H2,1-6H3,(H-,76,78,80,81)/b13-10-,22-19-,23-20-,29-27-,30-28-,35-33-,38-37-,41-34-,42-40-,66-63-. The number of phosphoric acid groups is 1. The van der Waals surface area contributed by atoms with Crippen LogP contribution >= 0.6 is 7.82 Å². The molecule has 0 spiro atoms. The van der Waals surface area contributed by atoms with Crippen LogP contribution in [0.2, 0.25) is 0 Å². The number of rotatable bonds is 62. The Bertz CT molecular complexity index is 1870. The van der Waals surface area contributed by atoms with Gasteiger partial charge in [0.25, 0.3) is 7.82 Å². The fourth-order valence-corrected chi connectivity index (χ4v) is 10.3. The van der Waals surface area contributed by atoms with Crippen molar-refractivity contribution in [3.8, 4) is 0 Å². The normalized spacial score (nSPS) is 14.3. The molecule has 0 radical (unpaired) electrons. The lowest BCUT2D eigenvalue weighted by Gasteiger charge is -2.30. The highest BCUT2D eigenvalue weighted by atomic mass is 31.2. The van der Waals surface area contributed by atoms with E-state index in [1.807, 2.05) is 33.3 Å². The molecule has 1 amide bonds. The second-order valence-corrected chi connectivity index (χ2v) is 25.7. The van der Waals surface area contributed by atoms with E-state index < -0.39 is 26.6 Å². The topological polar surface area (TPSA) is 114 Å². The summed E-state index contributed by atoms with van der Waals surface area (Å²) >= 11 is 0. The number of quaternary nitrogens is 1. The minimum atomic E-state index is -4.71. The monoisotopic (exact) mass is 1200 g/mol. The Morgan fingerprint density at radius 1 is 0.424 bits per heavy atom. The lowest BCUT2D eigenvalue weighted by Crippen LogP contribution is -2.47. The third-order valence-corrected chi connectivity index (χ3v) is 15.8. The Balaban J connectivity index is 5.09. The van der Waals surface area contributed by atoms with Crippen LogP contribution < -0.4 is 10.2 Å². The van der Waals surface area contributed by atoms with Crippen LogP contribution in [0.5, 0.6) is 0 Å². The highest BCUT2D eigenvalue weighted by Gasteiger charge is 2.27. The second-order valence-electron chi connectivity index (χ2n) is 24.3. The molecule has 0 aliphatic carbocycles. The quantitative estimate of drug-likeness (QED) is 0.0212. The van der Waals surface area contributed by atoms with Crippen LogP contribution in [0.1, 0.15) is 290 Å². The number of carbonyl (C=O) groups excluding carboxylic acids is 2. The van der Waals surface area contributed by atoms with E-state index in [2.05, 4.69) is 135 Å². The van der Waals surface area contributed by atoms with E-state index in [-0.39, 0.29) is 24.9 Å². The van der Waals surface area contributed by atoms with Crippen molar-refractivity contribution < 1.29 is 37.3 Å². The predicted octanol–water partition coefficient (Wildman–Crippen LogP) is 21.6. The molecule has 9 nitrogen and oxygen atoms in total. The highest BCUT2D eigenvalue weighted by molar-refractivity contribution is 7.45. The minimum absolute atomic E-state index is 0.0312. The molecule has 0 aliphatic heterocycles. The number of carbonyl (C=O) groups is 2. The van der Waals surface area contributed by atoms with Crippen molar-refractivity contribution in [1.29, 1.82) is 0 Å². The van der Waals surface area contributed by atoms with Gasteiger partial charge in [-0.3, -0.25) is 14.2 Å². The third kappa shape index (κ3) is 64.7. The first-order valence-electron chi connectivity index (χ1n) is 34.8. The Labute approximate surface area is 524 Å². The van der Waals surface area contributed by atoms with Gasteiger partial charge in [-0.1, -0.05) is 277 Å². The van der Waals surface area contributed by atoms with Crippen LogP contribution in [-0.4, -0.2) is 69.4 Å². The number of likely N-dealkylation sites (N-methyl/N-ethyl adjacent to an activating group) is 1. The fourth-order valence-electron chi connectivity index (χ4n) is 9.53. The first-order valence-corrected chi connectivity index (χ1v) is 36.3. The maximum atomic E-state index is 13.6. The number of hydrogen-bond acceptors (Lipinski definition) is 7. The van der Waals surface area contributed by atoms with Crippen molar-refractivity contribution >= 4 is 19.7 Å². The summed E-state index contributed by atoms with van der Waals surface area (Å²) in [5.74, 6) is -0.562. The van der Waals surface area contributed by atoms with E-state index in [9.17, 15) is 19.0 Å². The number of allylic oxidation sites excluding steroid dienone is 19. The van der Waals surface area contributed by atoms with Crippen LogP contribution in [0, 0.1) is 0 Å². The van der Waals surface area contributed by atoms with Gasteiger partial charge < -0.3 is 28.5 Å². The summed E-state index contributed by atoms with van der Waals surface area (Å²) in [6, 6.07) is -0.905. The average Bonchev–Trinajstić information content (AvgIpc) is 3.64. The average molecular weight is 1200 g/mol.